The van der Waals surface area contributed by atoms with Crippen LogP contribution in [0.2, 0.25) is 0 Å². The Balaban J connectivity index is 1.20. The van der Waals surface area contributed by atoms with E-state index in [1.165, 1.54) is 5.56 Å². The van der Waals surface area contributed by atoms with Crippen LogP contribution in [0, 0.1) is 5.41 Å². The lowest BCUT2D eigenvalue weighted by molar-refractivity contribution is -0.141. The first-order valence-corrected chi connectivity index (χ1v) is 11.9. The minimum absolute atomic E-state index is 0.236. The lowest BCUT2D eigenvalue weighted by Crippen LogP contribution is -2.51. The molecule has 1 saturated heterocycles. The van der Waals surface area contributed by atoms with Crippen LogP contribution in [0.25, 0.3) is 22.0 Å². The molecule has 0 spiro atoms. The van der Waals surface area contributed by atoms with E-state index in [-0.39, 0.29) is 11.3 Å². The number of amides is 1. The summed E-state index contributed by atoms with van der Waals surface area (Å²) in [6, 6.07) is 14.7. The van der Waals surface area contributed by atoms with Gasteiger partial charge in [0.05, 0.1) is 5.69 Å². The van der Waals surface area contributed by atoms with Gasteiger partial charge in [-0.25, -0.2) is 9.97 Å². The Morgan fingerprint density at radius 2 is 1.69 bits per heavy atom. The van der Waals surface area contributed by atoms with Gasteiger partial charge in [-0.15, -0.1) is 0 Å². The summed E-state index contributed by atoms with van der Waals surface area (Å²) >= 11 is 0. The Kier molecular flexibility index (Phi) is 6.21. The van der Waals surface area contributed by atoms with E-state index in [1.54, 1.807) is 18.6 Å². The number of hydrogen-bond acceptors (Lipinski definition) is 6. The van der Waals surface area contributed by atoms with Crippen LogP contribution in [0.5, 0.6) is 11.8 Å². The molecule has 180 valence electrons. The zero-order valence-electron chi connectivity index (χ0n) is 20.4. The number of ether oxygens (including phenoxy) is 1. The van der Waals surface area contributed by atoms with Crippen molar-refractivity contribution in [1.29, 1.82) is 0 Å². The first-order valence-electron chi connectivity index (χ1n) is 11.9. The summed E-state index contributed by atoms with van der Waals surface area (Å²) in [7, 11) is 0. The summed E-state index contributed by atoms with van der Waals surface area (Å²) < 4.78 is 5.88. The van der Waals surface area contributed by atoms with E-state index < -0.39 is 0 Å². The fourth-order valence-electron chi connectivity index (χ4n) is 4.31. The highest BCUT2D eigenvalue weighted by Gasteiger charge is 2.29. The number of hydrogen-bond donors (Lipinski definition) is 1. The lowest BCUT2D eigenvalue weighted by atomic mass is 9.94. The van der Waals surface area contributed by atoms with Crippen LogP contribution in [0.3, 0.4) is 0 Å². The number of carbonyl (C=O) groups excluding carboxylic acids is 1. The maximum Gasteiger partial charge on any atom is 0.321 e. The molecule has 2 aromatic carbocycles. The third-order valence-electron chi connectivity index (χ3n) is 6.23. The van der Waals surface area contributed by atoms with Gasteiger partial charge in [-0.05, 0) is 40.6 Å². The molecule has 0 aliphatic carbocycles. The van der Waals surface area contributed by atoms with E-state index in [2.05, 4.69) is 49.3 Å². The highest BCUT2D eigenvalue weighted by atomic mass is 16.5. The van der Waals surface area contributed by atoms with Crippen molar-refractivity contribution in [2.45, 2.75) is 27.3 Å². The number of aromatic nitrogens is 4. The van der Waals surface area contributed by atoms with Crippen LogP contribution >= 0.6 is 0 Å². The molecule has 0 saturated carbocycles. The molecule has 1 aliphatic rings. The molecule has 0 radical (unpaired) electrons. The molecule has 35 heavy (non-hydrogen) atoms. The predicted molar refractivity (Wildman–Crippen MR) is 135 cm³/mol. The third-order valence-corrected chi connectivity index (χ3v) is 6.23. The Bertz CT molecular complexity index is 1300. The van der Waals surface area contributed by atoms with Crippen molar-refractivity contribution < 1.29 is 9.53 Å². The second-order valence-electron chi connectivity index (χ2n) is 9.99. The summed E-state index contributed by atoms with van der Waals surface area (Å²) in [5, 5.41) is 9.10. The SMILES string of the molecule is CC(C)(C)C(=O)N1CCN(Cc2ccc3cc(Oc4ncc(-c5ccn[nH]5)cn4)ccc3c2)CC1. The number of piperazine rings is 1. The van der Waals surface area contributed by atoms with E-state index in [0.717, 1.165) is 54.8 Å². The zero-order chi connectivity index (χ0) is 24.4. The van der Waals surface area contributed by atoms with Crippen LogP contribution < -0.4 is 4.74 Å². The van der Waals surface area contributed by atoms with Gasteiger partial charge >= 0.3 is 6.01 Å². The van der Waals surface area contributed by atoms with E-state index in [4.69, 9.17) is 4.74 Å². The van der Waals surface area contributed by atoms with E-state index in [1.807, 2.05) is 43.9 Å². The van der Waals surface area contributed by atoms with Crippen molar-refractivity contribution in [1.82, 2.24) is 30.0 Å². The summed E-state index contributed by atoms with van der Waals surface area (Å²) in [6.45, 7) is 10.2. The number of H-pyrrole nitrogens is 1. The Morgan fingerprint density at radius 3 is 2.37 bits per heavy atom. The number of rotatable bonds is 5. The third kappa shape index (κ3) is 5.33. The van der Waals surface area contributed by atoms with E-state index in [0.29, 0.717) is 11.8 Å². The Labute approximate surface area is 205 Å². The van der Waals surface area contributed by atoms with Crippen molar-refractivity contribution in [3.05, 3.63) is 66.6 Å². The van der Waals surface area contributed by atoms with Gasteiger partial charge in [0.2, 0.25) is 5.91 Å². The van der Waals surface area contributed by atoms with Crippen LogP contribution in [-0.2, 0) is 11.3 Å². The largest absolute Gasteiger partial charge is 0.424 e. The molecule has 1 fully saturated rings. The summed E-state index contributed by atoms with van der Waals surface area (Å²) in [4.78, 5) is 25.5. The van der Waals surface area contributed by atoms with Gasteiger partial charge in [-0.3, -0.25) is 14.8 Å². The van der Waals surface area contributed by atoms with Crippen LogP contribution in [-0.4, -0.2) is 62.1 Å². The van der Waals surface area contributed by atoms with Gasteiger partial charge in [0.1, 0.15) is 5.75 Å². The molecule has 0 bridgehead atoms. The summed E-state index contributed by atoms with van der Waals surface area (Å²) in [6.07, 6.45) is 5.11. The molecule has 1 aliphatic heterocycles. The topological polar surface area (TPSA) is 87.2 Å². The number of aromatic amines is 1. The minimum atomic E-state index is -0.321. The average molecular weight is 471 g/mol. The molecule has 0 atom stereocenters. The molecule has 8 heteroatoms. The van der Waals surface area contributed by atoms with Gasteiger partial charge in [-0.2, -0.15) is 5.10 Å². The van der Waals surface area contributed by atoms with Crippen molar-refractivity contribution in [3.63, 3.8) is 0 Å². The maximum absolute atomic E-state index is 12.5. The number of fused-ring (bicyclic) bond motifs is 1. The lowest BCUT2D eigenvalue weighted by Gasteiger charge is -2.37. The second kappa shape index (κ2) is 9.46. The standard InChI is InChI=1S/C27H30N6O2/c1-27(2,3)25(34)33-12-10-32(11-13-33)18-19-4-5-21-15-23(7-6-20(21)14-19)35-26-28-16-22(17-29-26)24-8-9-30-31-24/h4-9,14-17H,10-13,18H2,1-3H3,(H,30,31). The fraction of sp³-hybridized carbons (Fsp3) is 0.333. The number of nitrogens with zero attached hydrogens (tertiary/aromatic N) is 5. The smallest absolute Gasteiger partial charge is 0.321 e. The van der Waals surface area contributed by atoms with Crippen molar-refractivity contribution >= 4 is 16.7 Å². The molecule has 0 unspecified atom stereocenters. The quantitative estimate of drug-likeness (QED) is 0.462. The minimum Gasteiger partial charge on any atom is -0.424 e. The summed E-state index contributed by atoms with van der Waals surface area (Å²) in [5.41, 5.74) is 2.65. The van der Waals surface area contributed by atoms with Crippen molar-refractivity contribution in [2.75, 3.05) is 26.2 Å². The zero-order valence-corrected chi connectivity index (χ0v) is 20.4. The average Bonchev–Trinajstić information content (AvgIpc) is 3.39. The predicted octanol–water partition coefficient (Wildman–Crippen LogP) is 4.50. The van der Waals surface area contributed by atoms with Gasteiger partial charge in [0.25, 0.3) is 0 Å². The highest BCUT2D eigenvalue weighted by molar-refractivity contribution is 5.84. The van der Waals surface area contributed by atoms with Gasteiger partial charge in [0, 0.05) is 62.3 Å². The van der Waals surface area contributed by atoms with E-state index in [9.17, 15) is 4.79 Å². The Hall–Kier alpha value is -3.78. The molecule has 1 N–H and O–H groups in total. The molecule has 2 aromatic heterocycles. The number of nitrogens with one attached hydrogen (secondary N) is 1. The van der Waals surface area contributed by atoms with Crippen molar-refractivity contribution in [3.8, 4) is 23.0 Å². The molecule has 4 aromatic rings. The molecular formula is C27H30N6O2. The molecule has 8 nitrogen and oxygen atoms in total. The van der Waals surface area contributed by atoms with Crippen LogP contribution in [0.4, 0.5) is 0 Å². The van der Waals surface area contributed by atoms with Crippen LogP contribution in [0.15, 0.2) is 61.1 Å². The maximum atomic E-state index is 12.5. The van der Waals surface area contributed by atoms with Crippen molar-refractivity contribution in [2.24, 2.45) is 5.41 Å². The molecule has 3 heterocycles. The first-order chi connectivity index (χ1) is 16.8. The number of benzene rings is 2. The molecule has 1 amide bonds. The van der Waals surface area contributed by atoms with Gasteiger partial charge in [0.15, 0.2) is 0 Å². The fourth-order valence-corrected chi connectivity index (χ4v) is 4.31. The number of carbonyl (C=O) groups is 1. The van der Waals surface area contributed by atoms with Crippen LogP contribution in [0.1, 0.15) is 26.3 Å². The highest BCUT2D eigenvalue weighted by Crippen LogP contribution is 2.26. The van der Waals surface area contributed by atoms with Gasteiger partial charge < -0.3 is 9.64 Å². The summed E-state index contributed by atoms with van der Waals surface area (Å²) in [5.74, 6) is 0.930. The van der Waals surface area contributed by atoms with E-state index >= 15 is 0 Å². The molecule has 5 rings (SSSR count). The normalized spacial score (nSPS) is 14.9. The Morgan fingerprint density at radius 1 is 0.971 bits per heavy atom. The first kappa shape index (κ1) is 23.0. The molecular weight excluding hydrogens is 440 g/mol. The second-order valence-corrected chi connectivity index (χ2v) is 9.99. The van der Waals surface area contributed by atoms with Gasteiger partial charge in [-0.1, -0.05) is 39.0 Å². The monoisotopic (exact) mass is 470 g/mol.